The maximum atomic E-state index is 6.23. The number of hydrogen-bond acceptors (Lipinski definition) is 1. The first kappa shape index (κ1) is 10.6. The monoisotopic (exact) mass is 197 g/mol. The van der Waals surface area contributed by atoms with Crippen LogP contribution in [0.25, 0.3) is 0 Å². The average molecular weight is 198 g/mol. The van der Waals surface area contributed by atoms with Gasteiger partial charge in [-0.15, -0.1) is 11.6 Å². The van der Waals surface area contributed by atoms with Gasteiger partial charge in [-0.25, -0.2) is 0 Å². The van der Waals surface area contributed by atoms with Crippen molar-refractivity contribution in [2.75, 3.05) is 20.6 Å². The Kier molecular flexibility index (Phi) is 3.76. The Bertz CT molecular complexity index is 271. The predicted molar refractivity (Wildman–Crippen MR) is 58.3 cm³/mol. The number of aryl methyl sites for hydroxylation is 1. The molecule has 0 bridgehead atoms. The summed E-state index contributed by atoms with van der Waals surface area (Å²) >= 11 is 6.23. The molecule has 1 unspecified atom stereocenters. The van der Waals surface area contributed by atoms with E-state index in [1.54, 1.807) is 0 Å². The van der Waals surface area contributed by atoms with Crippen LogP contribution in [0.4, 0.5) is 0 Å². The van der Waals surface area contributed by atoms with Gasteiger partial charge in [-0.2, -0.15) is 0 Å². The van der Waals surface area contributed by atoms with Crippen molar-refractivity contribution in [1.29, 1.82) is 0 Å². The summed E-state index contributed by atoms with van der Waals surface area (Å²) in [5, 5.41) is 0.0925. The van der Waals surface area contributed by atoms with Crippen LogP contribution in [-0.4, -0.2) is 25.5 Å². The van der Waals surface area contributed by atoms with Crippen molar-refractivity contribution in [2.45, 2.75) is 12.3 Å². The van der Waals surface area contributed by atoms with Crippen LogP contribution in [0, 0.1) is 6.92 Å². The van der Waals surface area contributed by atoms with Crippen molar-refractivity contribution >= 4 is 11.6 Å². The third kappa shape index (κ3) is 3.37. The van der Waals surface area contributed by atoms with E-state index in [9.17, 15) is 0 Å². The lowest BCUT2D eigenvalue weighted by molar-refractivity contribution is 0.408. The SMILES string of the molecule is Cc1cccc(C(Cl)CN(C)C)c1. The average Bonchev–Trinajstić information content (AvgIpc) is 2.03. The molecular weight excluding hydrogens is 182 g/mol. The molecular formula is C11H16ClN. The zero-order valence-corrected chi connectivity index (χ0v) is 9.17. The van der Waals surface area contributed by atoms with Gasteiger partial charge in [0.2, 0.25) is 0 Å². The molecule has 1 aromatic carbocycles. The van der Waals surface area contributed by atoms with Crippen molar-refractivity contribution in [3.05, 3.63) is 35.4 Å². The van der Waals surface area contributed by atoms with Gasteiger partial charge in [-0.05, 0) is 26.6 Å². The van der Waals surface area contributed by atoms with Gasteiger partial charge < -0.3 is 4.90 Å². The minimum atomic E-state index is 0.0925. The number of halogens is 1. The van der Waals surface area contributed by atoms with Gasteiger partial charge in [0.1, 0.15) is 0 Å². The Balaban J connectivity index is 2.71. The van der Waals surface area contributed by atoms with Gasteiger partial charge in [0.15, 0.2) is 0 Å². The molecule has 0 aliphatic rings. The van der Waals surface area contributed by atoms with Crippen molar-refractivity contribution in [3.63, 3.8) is 0 Å². The normalized spacial score (nSPS) is 13.3. The molecule has 0 radical (unpaired) electrons. The highest BCUT2D eigenvalue weighted by Crippen LogP contribution is 2.21. The molecule has 0 fully saturated rings. The third-order valence-corrected chi connectivity index (χ3v) is 2.32. The van der Waals surface area contributed by atoms with Crippen LogP contribution < -0.4 is 0 Å². The summed E-state index contributed by atoms with van der Waals surface area (Å²) < 4.78 is 0. The van der Waals surface area contributed by atoms with E-state index in [0.29, 0.717) is 0 Å². The van der Waals surface area contributed by atoms with E-state index >= 15 is 0 Å². The summed E-state index contributed by atoms with van der Waals surface area (Å²) in [4.78, 5) is 2.10. The van der Waals surface area contributed by atoms with E-state index in [1.807, 2.05) is 14.1 Å². The molecule has 72 valence electrons. The topological polar surface area (TPSA) is 3.24 Å². The second-order valence-corrected chi connectivity index (χ2v) is 4.17. The largest absolute Gasteiger partial charge is 0.308 e. The van der Waals surface area contributed by atoms with Crippen LogP contribution in [-0.2, 0) is 0 Å². The molecule has 0 heterocycles. The minimum Gasteiger partial charge on any atom is -0.308 e. The van der Waals surface area contributed by atoms with Crippen molar-refractivity contribution in [1.82, 2.24) is 4.90 Å². The van der Waals surface area contributed by atoms with E-state index in [4.69, 9.17) is 11.6 Å². The van der Waals surface area contributed by atoms with Gasteiger partial charge in [0.05, 0.1) is 5.38 Å². The molecule has 0 saturated carbocycles. The summed E-state index contributed by atoms with van der Waals surface area (Å²) in [5.74, 6) is 0. The van der Waals surface area contributed by atoms with Crippen molar-refractivity contribution < 1.29 is 0 Å². The highest BCUT2D eigenvalue weighted by molar-refractivity contribution is 6.21. The van der Waals surface area contributed by atoms with Crippen molar-refractivity contribution in [3.8, 4) is 0 Å². The number of rotatable bonds is 3. The van der Waals surface area contributed by atoms with Crippen molar-refractivity contribution in [2.24, 2.45) is 0 Å². The zero-order chi connectivity index (χ0) is 9.84. The highest BCUT2D eigenvalue weighted by atomic mass is 35.5. The fourth-order valence-corrected chi connectivity index (χ4v) is 1.70. The molecule has 1 nitrogen and oxygen atoms in total. The third-order valence-electron chi connectivity index (χ3n) is 1.93. The fraction of sp³-hybridized carbons (Fsp3) is 0.455. The molecule has 0 saturated heterocycles. The van der Waals surface area contributed by atoms with Gasteiger partial charge >= 0.3 is 0 Å². The highest BCUT2D eigenvalue weighted by Gasteiger charge is 2.08. The molecule has 0 N–H and O–H groups in total. The van der Waals surface area contributed by atoms with Crippen LogP contribution in [0.1, 0.15) is 16.5 Å². The van der Waals surface area contributed by atoms with E-state index < -0.39 is 0 Å². The quantitative estimate of drug-likeness (QED) is 0.674. The number of likely N-dealkylation sites (N-methyl/N-ethyl adjacent to an activating group) is 1. The lowest BCUT2D eigenvalue weighted by atomic mass is 10.1. The molecule has 0 amide bonds. The standard InChI is InChI=1S/C11H16ClN/c1-9-5-4-6-10(7-9)11(12)8-13(2)3/h4-7,11H,8H2,1-3H3. The molecule has 0 spiro atoms. The van der Waals surface area contributed by atoms with E-state index in [0.717, 1.165) is 6.54 Å². The number of nitrogens with zero attached hydrogens (tertiary/aromatic N) is 1. The summed E-state index contributed by atoms with van der Waals surface area (Å²) in [7, 11) is 4.07. The lowest BCUT2D eigenvalue weighted by Gasteiger charge is -2.15. The Morgan fingerprint density at radius 2 is 2.08 bits per heavy atom. The predicted octanol–water partition coefficient (Wildman–Crippen LogP) is 2.84. The molecule has 0 aromatic heterocycles. The number of hydrogen-bond donors (Lipinski definition) is 0. The molecule has 1 aromatic rings. The van der Waals surface area contributed by atoms with E-state index in [1.165, 1.54) is 11.1 Å². The molecule has 0 aliphatic heterocycles. The fourth-order valence-electron chi connectivity index (χ4n) is 1.29. The maximum Gasteiger partial charge on any atom is 0.0712 e. The van der Waals surface area contributed by atoms with Gasteiger partial charge in [0.25, 0.3) is 0 Å². The Labute approximate surface area is 85.3 Å². The second kappa shape index (κ2) is 4.64. The molecule has 13 heavy (non-hydrogen) atoms. The van der Waals surface area contributed by atoms with Crippen LogP contribution in [0.2, 0.25) is 0 Å². The maximum absolute atomic E-state index is 6.23. The minimum absolute atomic E-state index is 0.0925. The Morgan fingerprint density at radius 1 is 1.38 bits per heavy atom. The first-order chi connectivity index (χ1) is 6.09. The molecule has 0 aliphatic carbocycles. The first-order valence-corrected chi connectivity index (χ1v) is 4.88. The number of benzene rings is 1. The van der Waals surface area contributed by atoms with E-state index in [-0.39, 0.29) is 5.38 Å². The first-order valence-electron chi connectivity index (χ1n) is 4.45. The molecule has 2 heteroatoms. The summed E-state index contributed by atoms with van der Waals surface area (Å²) in [6.45, 7) is 2.97. The number of alkyl halides is 1. The Morgan fingerprint density at radius 3 is 2.62 bits per heavy atom. The summed E-state index contributed by atoms with van der Waals surface area (Å²) in [6.07, 6.45) is 0. The van der Waals surface area contributed by atoms with Gasteiger partial charge in [-0.1, -0.05) is 29.8 Å². The molecule has 1 atom stereocenters. The second-order valence-electron chi connectivity index (χ2n) is 3.64. The Hall–Kier alpha value is -0.530. The molecule has 1 rings (SSSR count). The smallest absolute Gasteiger partial charge is 0.0712 e. The zero-order valence-electron chi connectivity index (χ0n) is 8.42. The van der Waals surface area contributed by atoms with Crippen LogP contribution in [0.5, 0.6) is 0 Å². The summed E-state index contributed by atoms with van der Waals surface area (Å²) in [6, 6.07) is 8.35. The van der Waals surface area contributed by atoms with Gasteiger partial charge in [0, 0.05) is 6.54 Å². The van der Waals surface area contributed by atoms with Crippen LogP contribution in [0.3, 0.4) is 0 Å². The summed E-state index contributed by atoms with van der Waals surface area (Å²) in [5.41, 5.74) is 2.47. The lowest BCUT2D eigenvalue weighted by Crippen LogP contribution is -2.17. The van der Waals surface area contributed by atoms with Crippen LogP contribution >= 0.6 is 11.6 Å². The van der Waals surface area contributed by atoms with E-state index in [2.05, 4.69) is 36.1 Å². The van der Waals surface area contributed by atoms with Gasteiger partial charge in [-0.3, -0.25) is 0 Å². The van der Waals surface area contributed by atoms with Crippen LogP contribution in [0.15, 0.2) is 24.3 Å².